The maximum atomic E-state index is 5.88. The van der Waals surface area contributed by atoms with Gasteiger partial charge in [-0.25, -0.2) is 4.98 Å². The van der Waals surface area contributed by atoms with Gasteiger partial charge in [0.15, 0.2) is 0 Å². The van der Waals surface area contributed by atoms with Crippen LogP contribution in [0.1, 0.15) is 84.6 Å². The number of rotatable bonds is 6. The zero-order chi connectivity index (χ0) is 30.4. The molecular formula is C37H53ClN6. The number of aromatic amines is 2. The number of benzene rings is 2. The first kappa shape index (κ1) is 36.6. The van der Waals surface area contributed by atoms with Gasteiger partial charge in [0.1, 0.15) is 0 Å². The summed E-state index contributed by atoms with van der Waals surface area (Å²) < 4.78 is 2.09. The molecule has 6 aromatic rings. The van der Waals surface area contributed by atoms with Crippen LogP contribution in [0.4, 0.5) is 0 Å². The van der Waals surface area contributed by atoms with Gasteiger partial charge < -0.3 is 4.40 Å². The molecule has 7 heteroatoms. The highest BCUT2D eigenvalue weighted by atomic mass is 35.5. The number of nitrogens with one attached hydrogen (secondary N) is 2. The maximum Gasteiger partial charge on any atom is 0.0995 e. The molecule has 2 N–H and O–H groups in total. The summed E-state index contributed by atoms with van der Waals surface area (Å²) in [5.74, 6) is 1.96. The summed E-state index contributed by atoms with van der Waals surface area (Å²) in [6, 6.07) is 16.5. The quantitative estimate of drug-likeness (QED) is 0.195. The van der Waals surface area contributed by atoms with E-state index in [1.807, 2.05) is 24.5 Å². The lowest BCUT2D eigenvalue weighted by molar-refractivity contribution is 0.636. The summed E-state index contributed by atoms with van der Waals surface area (Å²) in [6.45, 7) is 17.5. The number of nitrogens with zero attached hydrogens (tertiary/aromatic N) is 4. The highest BCUT2D eigenvalue weighted by Crippen LogP contribution is 2.22. The Kier molecular flexibility index (Phi) is 13.7. The van der Waals surface area contributed by atoms with E-state index in [0.29, 0.717) is 17.8 Å². The molecule has 0 fully saturated rings. The molecule has 0 radical (unpaired) electrons. The van der Waals surface area contributed by atoms with E-state index in [9.17, 15) is 0 Å². The van der Waals surface area contributed by atoms with E-state index in [2.05, 4.69) is 122 Å². The van der Waals surface area contributed by atoms with Gasteiger partial charge in [0.25, 0.3) is 0 Å². The van der Waals surface area contributed by atoms with Gasteiger partial charge >= 0.3 is 0 Å². The molecule has 0 aliphatic carbocycles. The summed E-state index contributed by atoms with van der Waals surface area (Å²) in [4.78, 5) is 4.44. The number of hydrogen-bond donors (Lipinski definition) is 2. The van der Waals surface area contributed by atoms with Crippen molar-refractivity contribution in [3.05, 3.63) is 94.3 Å². The average Bonchev–Trinajstić information content (AvgIpc) is 3.61. The Bertz CT molecular complexity index is 1650. The molecule has 6 rings (SSSR count). The van der Waals surface area contributed by atoms with Crippen molar-refractivity contribution in [2.45, 2.75) is 89.5 Å². The minimum Gasteiger partial charge on any atom is -0.306 e. The van der Waals surface area contributed by atoms with Gasteiger partial charge in [-0.1, -0.05) is 79.6 Å². The van der Waals surface area contributed by atoms with Crippen LogP contribution in [0.2, 0.25) is 5.02 Å². The normalized spacial score (nSPS) is 10.9. The molecule has 0 aliphatic heterocycles. The van der Waals surface area contributed by atoms with Gasteiger partial charge in [-0.15, -0.1) is 0 Å². The van der Waals surface area contributed by atoms with Gasteiger partial charge in [0.05, 0.1) is 28.6 Å². The van der Waals surface area contributed by atoms with Crippen LogP contribution in [0.25, 0.3) is 27.3 Å². The third-order valence-corrected chi connectivity index (χ3v) is 7.22. The first-order chi connectivity index (χ1) is 20.0. The van der Waals surface area contributed by atoms with Crippen molar-refractivity contribution in [3.8, 4) is 0 Å². The molecule has 4 aromatic heterocycles. The van der Waals surface area contributed by atoms with Crippen LogP contribution in [0.15, 0.2) is 61.1 Å². The SMILES string of the molecule is C.C.CC(C)Cc1[nH]nc2cc(Cl)ccc12.Cc1ccc2n[nH]c(CC(C)C)c2c1.Cc1ccn2cnc(CC(C)C)c2c1. The zero-order valence-electron chi connectivity index (χ0n) is 26.3. The minimum atomic E-state index is 0. The Balaban J connectivity index is 0.000000225. The summed E-state index contributed by atoms with van der Waals surface area (Å²) in [6.07, 6.45) is 7.12. The molecule has 2 aromatic carbocycles. The highest BCUT2D eigenvalue weighted by molar-refractivity contribution is 6.31. The van der Waals surface area contributed by atoms with E-state index in [1.54, 1.807) is 0 Å². The van der Waals surface area contributed by atoms with E-state index in [1.165, 1.54) is 44.5 Å². The second kappa shape index (κ2) is 16.4. The summed E-state index contributed by atoms with van der Waals surface area (Å²) in [7, 11) is 0. The molecule has 6 nitrogen and oxygen atoms in total. The molecule has 4 heterocycles. The van der Waals surface area contributed by atoms with Gasteiger partial charge in [0, 0.05) is 33.4 Å². The summed E-state index contributed by atoms with van der Waals surface area (Å²) in [5, 5.41) is 17.9. The van der Waals surface area contributed by atoms with Crippen LogP contribution in [0.3, 0.4) is 0 Å². The zero-order valence-corrected chi connectivity index (χ0v) is 27.0. The highest BCUT2D eigenvalue weighted by Gasteiger charge is 2.08. The second-order valence-electron chi connectivity index (χ2n) is 12.6. The molecule has 0 spiro atoms. The van der Waals surface area contributed by atoms with E-state index < -0.39 is 0 Å². The maximum absolute atomic E-state index is 5.88. The van der Waals surface area contributed by atoms with Gasteiger partial charge in [0.2, 0.25) is 0 Å². The van der Waals surface area contributed by atoms with Gasteiger partial charge in [-0.05, 0) is 98.9 Å². The number of imidazole rings is 1. The van der Waals surface area contributed by atoms with Crippen molar-refractivity contribution < 1.29 is 0 Å². The smallest absolute Gasteiger partial charge is 0.0995 e. The van der Waals surface area contributed by atoms with Crippen molar-refractivity contribution >= 4 is 38.9 Å². The van der Waals surface area contributed by atoms with Crippen molar-refractivity contribution in [1.82, 2.24) is 29.8 Å². The topological polar surface area (TPSA) is 74.7 Å². The van der Waals surface area contributed by atoms with Crippen molar-refractivity contribution in [2.75, 3.05) is 0 Å². The Morgan fingerprint density at radius 3 is 1.91 bits per heavy atom. The van der Waals surface area contributed by atoms with Crippen LogP contribution in [0.5, 0.6) is 0 Å². The van der Waals surface area contributed by atoms with E-state index in [0.717, 1.165) is 35.3 Å². The monoisotopic (exact) mass is 616 g/mol. The Hall–Kier alpha value is -3.64. The van der Waals surface area contributed by atoms with E-state index >= 15 is 0 Å². The fraction of sp³-hybridized carbons (Fsp3) is 0.432. The van der Waals surface area contributed by atoms with Crippen molar-refractivity contribution in [2.24, 2.45) is 17.8 Å². The summed E-state index contributed by atoms with van der Waals surface area (Å²) in [5.41, 5.74) is 9.54. The predicted molar refractivity (Wildman–Crippen MR) is 191 cm³/mol. The lowest BCUT2D eigenvalue weighted by Crippen LogP contribution is -1.95. The molecule has 0 aliphatic rings. The molecule has 0 amide bonds. The van der Waals surface area contributed by atoms with Crippen LogP contribution in [0, 0.1) is 31.6 Å². The van der Waals surface area contributed by atoms with Gasteiger partial charge in [-0.2, -0.15) is 10.2 Å². The number of aryl methyl sites for hydroxylation is 2. The Morgan fingerprint density at radius 1 is 0.682 bits per heavy atom. The standard InChI is InChI=1S/2C12H16N2.C11H13ClN2.2CH4/c1-9(2)6-11-12-7-10(3)4-5-14(12)8-13-11;1-8(2)6-12-10-7-9(3)4-5-11(10)13-14-12;1-7(2)5-10-9-4-3-8(12)6-11(9)14-13-10;;/h4-5,7-9H,6H2,1-3H3;4-5,7-8H,6H2,1-3H3,(H,13,14);3-4,6-7H,5H2,1-2H3,(H,13,14);2*1H4. The number of hydrogen-bond acceptors (Lipinski definition) is 3. The van der Waals surface area contributed by atoms with Crippen LogP contribution in [-0.4, -0.2) is 29.8 Å². The van der Waals surface area contributed by atoms with Crippen LogP contribution >= 0.6 is 11.6 Å². The molecule has 0 saturated carbocycles. The fourth-order valence-electron chi connectivity index (χ4n) is 5.04. The van der Waals surface area contributed by atoms with E-state index in [-0.39, 0.29) is 14.9 Å². The molecule has 0 saturated heterocycles. The number of aromatic nitrogens is 6. The van der Waals surface area contributed by atoms with Crippen molar-refractivity contribution in [1.29, 1.82) is 0 Å². The number of H-pyrrole nitrogens is 2. The average molecular weight is 617 g/mol. The molecule has 0 bridgehead atoms. The van der Waals surface area contributed by atoms with Crippen LogP contribution in [-0.2, 0) is 19.3 Å². The lowest BCUT2D eigenvalue weighted by Gasteiger charge is -2.02. The third-order valence-electron chi connectivity index (χ3n) is 6.99. The van der Waals surface area contributed by atoms with E-state index in [4.69, 9.17) is 11.6 Å². The second-order valence-corrected chi connectivity index (χ2v) is 13.0. The Morgan fingerprint density at radius 2 is 1.27 bits per heavy atom. The first-order valence-electron chi connectivity index (χ1n) is 15.0. The van der Waals surface area contributed by atoms with Crippen molar-refractivity contribution in [3.63, 3.8) is 0 Å². The molecule has 238 valence electrons. The Labute approximate surface area is 269 Å². The number of fused-ring (bicyclic) bond motifs is 3. The largest absolute Gasteiger partial charge is 0.306 e. The minimum absolute atomic E-state index is 0. The number of halogens is 1. The van der Waals surface area contributed by atoms with Crippen LogP contribution < -0.4 is 0 Å². The first-order valence-corrected chi connectivity index (χ1v) is 15.4. The third kappa shape index (κ3) is 9.68. The van der Waals surface area contributed by atoms with Gasteiger partial charge in [-0.3, -0.25) is 10.2 Å². The fourth-order valence-corrected chi connectivity index (χ4v) is 5.20. The lowest BCUT2D eigenvalue weighted by atomic mass is 10.0. The molecule has 0 unspecified atom stereocenters. The molecule has 44 heavy (non-hydrogen) atoms. The predicted octanol–water partition coefficient (Wildman–Crippen LogP) is 10.6. The molecular weight excluding hydrogens is 564 g/mol. The summed E-state index contributed by atoms with van der Waals surface area (Å²) >= 11 is 5.88. The molecule has 0 atom stereocenters. The number of pyridine rings is 1.